The Labute approximate surface area is 138 Å². The highest BCUT2D eigenvalue weighted by Crippen LogP contribution is 2.40. The zero-order valence-corrected chi connectivity index (χ0v) is 13.9. The smallest absolute Gasteiger partial charge is 0.133 e. The second-order valence-corrected chi connectivity index (χ2v) is 7.48. The van der Waals surface area contributed by atoms with Gasteiger partial charge in [0.25, 0.3) is 0 Å². The molecule has 23 heavy (non-hydrogen) atoms. The summed E-state index contributed by atoms with van der Waals surface area (Å²) >= 11 is 0. The molecule has 0 unspecified atom stereocenters. The van der Waals surface area contributed by atoms with Gasteiger partial charge in [-0.25, -0.2) is 4.98 Å². The quantitative estimate of drug-likeness (QED) is 0.841. The molecule has 4 heteroatoms. The van der Waals surface area contributed by atoms with Gasteiger partial charge < -0.3 is 4.90 Å². The lowest BCUT2D eigenvalue weighted by Gasteiger charge is -2.45. The Morgan fingerprint density at radius 1 is 1.00 bits per heavy atom. The monoisotopic (exact) mass is 313 g/mol. The maximum Gasteiger partial charge on any atom is 0.133 e. The van der Waals surface area contributed by atoms with Crippen molar-refractivity contribution in [3.8, 4) is 0 Å². The van der Waals surface area contributed by atoms with Crippen LogP contribution in [0.5, 0.6) is 0 Å². The van der Waals surface area contributed by atoms with Crippen molar-refractivity contribution in [2.45, 2.75) is 44.6 Å². The molecule has 0 bridgehead atoms. The molecule has 3 atom stereocenters. The van der Waals surface area contributed by atoms with E-state index in [0.29, 0.717) is 11.7 Å². The van der Waals surface area contributed by atoms with Gasteiger partial charge in [0.1, 0.15) is 11.6 Å². The molecule has 1 aromatic rings. The van der Waals surface area contributed by atoms with Crippen LogP contribution in [-0.2, 0) is 4.79 Å². The third-order valence-electron chi connectivity index (χ3n) is 6.20. The molecule has 124 valence electrons. The average molecular weight is 313 g/mol. The van der Waals surface area contributed by atoms with Gasteiger partial charge in [-0.2, -0.15) is 0 Å². The molecule has 3 aliphatic rings. The number of anilines is 1. The van der Waals surface area contributed by atoms with E-state index in [1.54, 1.807) is 0 Å². The second-order valence-electron chi connectivity index (χ2n) is 7.48. The number of piperazine rings is 1. The van der Waals surface area contributed by atoms with E-state index in [9.17, 15) is 4.79 Å². The average Bonchev–Trinajstić information content (AvgIpc) is 2.62. The van der Waals surface area contributed by atoms with Crippen LogP contribution in [0, 0.1) is 11.8 Å². The van der Waals surface area contributed by atoms with Gasteiger partial charge in [0.05, 0.1) is 0 Å². The minimum atomic E-state index is 0.508. The Bertz CT molecular complexity index is 539. The van der Waals surface area contributed by atoms with Gasteiger partial charge in [-0.1, -0.05) is 6.07 Å². The molecular weight excluding hydrogens is 286 g/mol. The summed E-state index contributed by atoms with van der Waals surface area (Å²) in [5.41, 5.74) is 0. The lowest BCUT2D eigenvalue weighted by Crippen LogP contribution is -2.52. The summed E-state index contributed by atoms with van der Waals surface area (Å²) in [4.78, 5) is 21.2. The van der Waals surface area contributed by atoms with Crippen LogP contribution in [0.15, 0.2) is 24.4 Å². The number of carbonyl (C=O) groups excluding carboxylic acids is 1. The summed E-state index contributed by atoms with van der Waals surface area (Å²) in [6, 6.07) is 6.91. The van der Waals surface area contributed by atoms with E-state index in [2.05, 4.69) is 26.9 Å². The molecule has 1 aromatic heterocycles. The van der Waals surface area contributed by atoms with Crippen LogP contribution in [0.1, 0.15) is 38.5 Å². The van der Waals surface area contributed by atoms with E-state index in [0.717, 1.165) is 63.2 Å². The fraction of sp³-hybridized carbons (Fsp3) is 0.684. The molecule has 2 heterocycles. The number of hydrogen-bond donors (Lipinski definition) is 0. The van der Waals surface area contributed by atoms with E-state index in [1.165, 1.54) is 19.3 Å². The minimum Gasteiger partial charge on any atom is -0.354 e. The van der Waals surface area contributed by atoms with E-state index >= 15 is 0 Å². The first-order valence-electron chi connectivity index (χ1n) is 9.21. The van der Waals surface area contributed by atoms with Gasteiger partial charge in [-0.3, -0.25) is 9.69 Å². The highest BCUT2D eigenvalue weighted by molar-refractivity contribution is 5.79. The van der Waals surface area contributed by atoms with Crippen molar-refractivity contribution >= 4 is 11.6 Å². The minimum absolute atomic E-state index is 0.508. The van der Waals surface area contributed by atoms with E-state index in [-0.39, 0.29) is 0 Å². The van der Waals surface area contributed by atoms with Crippen molar-refractivity contribution in [3.05, 3.63) is 24.4 Å². The third kappa shape index (κ3) is 3.27. The summed E-state index contributed by atoms with van der Waals surface area (Å²) in [5, 5.41) is 0. The number of pyridine rings is 1. The third-order valence-corrected chi connectivity index (χ3v) is 6.20. The number of aromatic nitrogens is 1. The fourth-order valence-electron chi connectivity index (χ4n) is 4.85. The summed E-state index contributed by atoms with van der Waals surface area (Å²) < 4.78 is 0. The number of hydrogen-bond acceptors (Lipinski definition) is 4. The summed E-state index contributed by atoms with van der Waals surface area (Å²) in [5.74, 6) is 3.12. The zero-order chi connectivity index (χ0) is 15.6. The molecule has 0 aromatic carbocycles. The molecule has 1 aliphatic heterocycles. The topological polar surface area (TPSA) is 36.4 Å². The van der Waals surface area contributed by atoms with Crippen LogP contribution in [0.4, 0.5) is 5.82 Å². The zero-order valence-electron chi connectivity index (χ0n) is 13.9. The van der Waals surface area contributed by atoms with Crippen molar-refractivity contribution in [2.75, 3.05) is 31.1 Å². The van der Waals surface area contributed by atoms with Crippen LogP contribution in [0.25, 0.3) is 0 Å². The molecule has 2 aliphatic carbocycles. The lowest BCUT2D eigenvalue weighted by molar-refractivity contribution is -0.123. The Hall–Kier alpha value is -1.42. The highest BCUT2D eigenvalue weighted by atomic mass is 16.1. The number of Topliss-reactive ketones (excluding diaryl/α,β-unsaturated/α-hetero) is 1. The van der Waals surface area contributed by atoms with Crippen molar-refractivity contribution in [1.82, 2.24) is 9.88 Å². The summed E-state index contributed by atoms with van der Waals surface area (Å²) in [6.07, 6.45) is 8.61. The Morgan fingerprint density at radius 2 is 1.87 bits per heavy atom. The van der Waals surface area contributed by atoms with Crippen LogP contribution in [-0.4, -0.2) is 47.9 Å². The number of fused-ring (bicyclic) bond motifs is 1. The van der Waals surface area contributed by atoms with Crippen molar-refractivity contribution in [1.29, 1.82) is 0 Å². The van der Waals surface area contributed by atoms with Crippen molar-refractivity contribution in [2.24, 2.45) is 11.8 Å². The first-order valence-corrected chi connectivity index (χ1v) is 9.21. The van der Waals surface area contributed by atoms with Gasteiger partial charge in [0.15, 0.2) is 0 Å². The van der Waals surface area contributed by atoms with E-state index in [4.69, 9.17) is 0 Å². The molecule has 0 spiro atoms. The van der Waals surface area contributed by atoms with Crippen molar-refractivity contribution in [3.63, 3.8) is 0 Å². The molecule has 4 rings (SSSR count). The summed E-state index contributed by atoms with van der Waals surface area (Å²) in [7, 11) is 0. The lowest BCUT2D eigenvalue weighted by atomic mass is 9.69. The molecule has 1 saturated heterocycles. The maximum atomic E-state index is 11.7. The maximum absolute atomic E-state index is 11.7. The Balaban J connectivity index is 1.32. The summed E-state index contributed by atoms with van der Waals surface area (Å²) in [6.45, 7) is 4.47. The Kier molecular flexibility index (Phi) is 4.34. The van der Waals surface area contributed by atoms with Gasteiger partial charge in [-0.15, -0.1) is 0 Å². The fourth-order valence-corrected chi connectivity index (χ4v) is 4.85. The van der Waals surface area contributed by atoms with E-state index in [1.807, 2.05) is 12.3 Å². The van der Waals surface area contributed by atoms with Crippen LogP contribution in [0.2, 0.25) is 0 Å². The van der Waals surface area contributed by atoms with Crippen molar-refractivity contribution < 1.29 is 4.79 Å². The SMILES string of the molecule is O=C1CC[C@H]2C[C@H](N3CCN(c4ccccn4)CC3)CC[C@@H]2C1. The van der Waals surface area contributed by atoms with Crippen LogP contribution >= 0.6 is 0 Å². The second kappa shape index (κ2) is 6.60. The molecule has 0 amide bonds. The standard InChI is InChI=1S/C19H27N3O/c23-18-7-5-15-13-17(6-4-16(15)14-18)21-9-11-22(12-10-21)19-3-1-2-8-20-19/h1-3,8,15-17H,4-7,9-14H2/t15-,16+,17+/m0/s1. The number of nitrogens with zero attached hydrogens (tertiary/aromatic N) is 3. The Morgan fingerprint density at radius 3 is 2.65 bits per heavy atom. The predicted octanol–water partition coefficient (Wildman–Crippen LogP) is 2.74. The molecule has 3 fully saturated rings. The molecular formula is C19H27N3O. The van der Waals surface area contributed by atoms with E-state index < -0.39 is 0 Å². The first kappa shape index (κ1) is 15.1. The molecule has 0 N–H and O–H groups in total. The van der Waals surface area contributed by atoms with Gasteiger partial charge in [0, 0.05) is 51.3 Å². The van der Waals surface area contributed by atoms with Gasteiger partial charge >= 0.3 is 0 Å². The van der Waals surface area contributed by atoms with Crippen LogP contribution in [0.3, 0.4) is 0 Å². The van der Waals surface area contributed by atoms with Gasteiger partial charge in [0.2, 0.25) is 0 Å². The van der Waals surface area contributed by atoms with Gasteiger partial charge in [-0.05, 0) is 49.7 Å². The highest BCUT2D eigenvalue weighted by Gasteiger charge is 2.37. The number of carbonyl (C=O) groups is 1. The molecule has 4 nitrogen and oxygen atoms in total. The molecule has 0 radical (unpaired) electrons. The number of rotatable bonds is 2. The normalized spacial score (nSPS) is 32.6. The molecule has 2 saturated carbocycles. The number of ketones is 1. The van der Waals surface area contributed by atoms with Crippen LogP contribution < -0.4 is 4.90 Å². The largest absolute Gasteiger partial charge is 0.354 e. The first-order chi connectivity index (χ1) is 11.3. The predicted molar refractivity (Wildman–Crippen MR) is 91.5 cm³/mol.